The summed E-state index contributed by atoms with van der Waals surface area (Å²) >= 11 is -4.09. The zero-order valence-electron chi connectivity index (χ0n) is 13.8. The minimum absolute atomic E-state index is 1.34. The minimum atomic E-state index is -2.25. The summed E-state index contributed by atoms with van der Waals surface area (Å²) in [5, 5.41) is 0. The number of rotatable bonds is 11. The van der Waals surface area contributed by atoms with E-state index >= 15 is 0 Å². The predicted octanol–water partition coefficient (Wildman–Crippen LogP) is 6.18. The second-order valence-corrected chi connectivity index (χ2v) is 30.1. The molecule has 0 fully saturated rings. The van der Waals surface area contributed by atoms with Gasteiger partial charge in [0.15, 0.2) is 0 Å². The van der Waals surface area contributed by atoms with Crippen molar-refractivity contribution in [1.82, 2.24) is 0 Å². The van der Waals surface area contributed by atoms with Gasteiger partial charge in [0.05, 0.1) is 0 Å². The first-order chi connectivity index (χ1) is 8.39. The molecular formula is C15H36GeOSn. The van der Waals surface area contributed by atoms with Gasteiger partial charge in [-0.2, -0.15) is 0 Å². The second-order valence-electron chi connectivity index (χ2n) is 6.71. The molecule has 0 unspecified atom stereocenters. The van der Waals surface area contributed by atoms with Gasteiger partial charge in [-0.1, -0.05) is 0 Å². The van der Waals surface area contributed by atoms with Crippen molar-refractivity contribution in [2.24, 2.45) is 0 Å². The van der Waals surface area contributed by atoms with Crippen LogP contribution in [-0.2, 0) is 2.10 Å². The number of hydrogen-bond donors (Lipinski definition) is 0. The molecule has 0 aromatic heterocycles. The van der Waals surface area contributed by atoms with Crippen LogP contribution < -0.4 is 0 Å². The van der Waals surface area contributed by atoms with Crippen LogP contribution >= 0.6 is 0 Å². The van der Waals surface area contributed by atoms with Gasteiger partial charge < -0.3 is 0 Å². The topological polar surface area (TPSA) is 9.23 Å². The van der Waals surface area contributed by atoms with Crippen LogP contribution in [0.4, 0.5) is 0 Å². The molecule has 0 saturated heterocycles. The molecule has 0 N–H and O–H groups in total. The van der Waals surface area contributed by atoms with Gasteiger partial charge in [0.25, 0.3) is 0 Å². The van der Waals surface area contributed by atoms with E-state index in [9.17, 15) is 0 Å². The van der Waals surface area contributed by atoms with Crippen molar-refractivity contribution in [3.63, 3.8) is 0 Å². The molecule has 110 valence electrons. The third-order valence-corrected chi connectivity index (χ3v) is 32.0. The monoisotopic (exact) mass is 426 g/mol. The van der Waals surface area contributed by atoms with E-state index in [-0.39, 0.29) is 0 Å². The molecule has 18 heavy (non-hydrogen) atoms. The Bertz CT molecular complexity index is 179. The summed E-state index contributed by atoms with van der Waals surface area (Å²) < 4.78 is 11.4. The Hall–Kier alpha value is 1.30. The van der Waals surface area contributed by atoms with Gasteiger partial charge in [0.1, 0.15) is 0 Å². The molecule has 0 aliphatic heterocycles. The average Bonchev–Trinajstić information content (AvgIpc) is 2.29. The van der Waals surface area contributed by atoms with Crippen LogP contribution in [0.25, 0.3) is 0 Å². The van der Waals surface area contributed by atoms with Crippen LogP contribution in [0.1, 0.15) is 59.3 Å². The molecule has 0 aliphatic carbocycles. The third-order valence-electron chi connectivity index (χ3n) is 3.48. The van der Waals surface area contributed by atoms with E-state index in [1.54, 1.807) is 0 Å². The van der Waals surface area contributed by atoms with Crippen molar-refractivity contribution in [3.8, 4) is 0 Å². The fourth-order valence-electron chi connectivity index (χ4n) is 2.67. The third kappa shape index (κ3) is 9.24. The molecule has 0 spiro atoms. The zero-order chi connectivity index (χ0) is 14.1. The van der Waals surface area contributed by atoms with Crippen LogP contribution in [0.3, 0.4) is 0 Å². The summed E-state index contributed by atoms with van der Waals surface area (Å²) in [7, 11) is 0. The summed E-state index contributed by atoms with van der Waals surface area (Å²) in [5.41, 5.74) is 0. The molecule has 0 aliphatic rings. The first kappa shape index (κ1) is 19.3. The summed E-state index contributed by atoms with van der Waals surface area (Å²) in [6.07, 6.45) is 8.29. The fraction of sp³-hybridized carbons (Fsp3) is 1.00. The molecule has 0 rings (SSSR count). The van der Waals surface area contributed by atoms with Crippen LogP contribution in [0, 0.1) is 0 Å². The Balaban J connectivity index is 4.73. The van der Waals surface area contributed by atoms with Gasteiger partial charge in [0, 0.05) is 0 Å². The number of hydrogen-bond acceptors (Lipinski definition) is 1. The van der Waals surface area contributed by atoms with Gasteiger partial charge in [-0.25, -0.2) is 0 Å². The van der Waals surface area contributed by atoms with Crippen LogP contribution in [-0.4, -0.2) is 32.4 Å². The molecule has 0 atom stereocenters. The normalized spacial score (nSPS) is 13.0. The Morgan fingerprint density at radius 1 is 0.722 bits per heavy atom. The van der Waals surface area contributed by atoms with Gasteiger partial charge in [-0.05, 0) is 0 Å². The standard InChI is InChI=1S/3C4H9.C3H9GeO.Sn/c3*1-3-4-2;1-4(2,3)5;/h3*1,3-4H2,2H3;1-3H3;/q;;;-1;+1. The fourth-order valence-corrected chi connectivity index (χ4v) is 40.5. The maximum atomic E-state index is 6.93. The summed E-state index contributed by atoms with van der Waals surface area (Å²) in [4.78, 5) is 0. The van der Waals surface area contributed by atoms with Crippen molar-refractivity contribution < 1.29 is 2.10 Å². The van der Waals surface area contributed by atoms with E-state index in [0.717, 1.165) is 0 Å². The molecule has 0 bridgehead atoms. The van der Waals surface area contributed by atoms with Crippen molar-refractivity contribution in [3.05, 3.63) is 0 Å². The van der Waals surface area contributed by atoms with Gasteiger partial charge in [-0.15, -0.1) is 0 Å². The SMILES string of the molecule is CCC[CH2][Sn]([CH2]CCC)([CH2]CCC)[O][Ge]([CH3])([CH3])[CH3]. The molecule has 0 aromatic rings. The first-order valence-electron chi connectivity index (χ1n) is 8.09. The first-order valence-corrected chi connectivity index (χ1v) is 22.5. The van der Waals surface area contributed by atoms with Crippen LogP contribution in [0.5, 0.6) is 0 Å². The molecule has 3 heteroatoms. The predicted molar refractivity (Wildman–Crippen MR) is 89.3 cm³/mol. The van der Waals surface area contributed by atoms with Crippen molar-refractivity contribution in [1.29, 1.82) is 0 Å². The summed E-state index contributed by atoms with van der Waals surface area (Å²) in [5.74, 6) is 7.32. The molecule has 1 nitrogen and oxygen atoms in total. The zero-order valence-corrected chi connectivity index (χ0v) is 18.7. The van der Waals surface area contributed by atoms with Crippen LogP contribution in [0.2, 0.25) is 30.6 Å². The molecular weight excluding hydrogens is 387 g/mol. The van der Waals surface area contributed by atoms with Gasteiger partial charge >= 0.3 is 124 Å². The van der Waals surface area contributed by atoms with Crippen LogP contribution in [0.15, 0.2) is 0 Å². The van der Waals surface area contributed by atoms with E-state index < -0.39 is 32.4 Å². The average molecular weight is 424 g/mol. The van der Waals surface area contributed by atoms with E-state index in [1.807, 2.05) is 0 Å². The molecule has 0 radical (unpaired) electrons. The molecule has 0 amide bonds. The second kappa shape index (κ2) is 10.1. The van der Waals surface area contributed by atoms with Gasteiger partial charge in [0.2, 0.25) is 0 Å². The van der Waals surface area contributed by atoms with Crippen molar-refractivity contribution in [2.75, 3.05) is 0 Å². The van der Waals surface area contributed by atoms with E-state index in [2.05, 4.69) is 38.0 Å². The Morgan fingerprint density at radius 2 is 1.06 bits per heavy atom. The molecule has 0 saturated carbocycles. The Morgan fingerprint density at radius 3 is 1.28 bits per heavy atom. The van der Waals surface area contributed by atoms with E-state index in [0.29, 0.717) is 0 Å². The van der Waals surface area contributed by atoms with E-state index in [1.165, 1.54) is 51.8 Å². The van der Waals surface area contributed by atoms with Crippen molar-refractivity contribution >= 4 is 32.4 Å². The maximum absolute atomic E-state index is 6.93. The number of unbranched alkanes of at least 4 members (excludes halogenated alkanes) is 3. The van der Waals surface area contributed by atoms with Crippen molar-refractivity contribution in [2.45, 2.75) is 89.9 Å². The molecule has 0 heterocycles. The van der Waals surface area contributed by atoms with E-state index in [4.69, 9.17) is 2.10 Å². The van der Waals surface area contributed by atoms with Gasteiger partial charge in [-0.3, -0.25) is 0 Å². The Labute approximate surface area is 124 Å². The summed E-state index contributed by atoms with van der Waals surface area (Å²) in [6.45, 7) is 6.98. The summed E-state index contributed by atoms with van der Waals surface area (Å²) in [6, 6.07) is 0. The molecule has 0 aromatic carbocycles. The Kier molecular flexibility index (Phi) is 10.8. The quantitative estimate of drug-likeness (QED) is 0.360.